The second-order valence-corrected chi connectivity index (χ2v) is 4.01. The first-order valence-corrected chi connectivity index (χ1v) is 5.93. The van der Waals surface area contributed by atoms with Gasteiger partial charge in [-0.2, -0.15) is 9.97 Å². The summed E-state index contributed by atoms with van der Waals surface area (Å²) >= 11 is 0. The molecule has 3 N–H and O–H groups in total. The Balaban J connectivity index is 1.93. The van der Waals surface area contributed by atoms with Crippen molar-refractivity contribution < 1.29 is 0 Å². The standard InChI is InChI=1S/C12H10N8/c13-20-19-12-17-10(9-11(18-12)16-7-15-9)14-6-8-4-2-1-3-5-8/h1-5,7H,6H2,(H2,13,14,17,19)/p+1. The zero-order valence-electron chi connectivity index (χ0n) is 10.4. The highest BCUT2D eigenvalue weighted by molar-refractivity contribution is 5.83. The summed E-state index contributed by atoms with van der Waals surface area (Å²) in [5, 5.41) is 6.73. The van der Waals surface area contributed by atoms with E-state index in [0.29, 0.717) is 23.5 Å². The summed E-state index contributed by atoms with van der Waals surface area (Å²) < 4.78 is 0. The molecule has 0 unspecified atom stereocenters. The van der Waals surface area contributed by atoms with E-state index in [0.717, 1.165) is 5.56 Å². The van der Waals surface area contributed by atoms with Crippen molar-refractivity contribution in [3.8, 4) is 0 Å². The molecule has 0 aliphatic carbocycles. The normalized spacial score (nSPS) is 10.2. The highest BCUT2D eigenvalue weighted by atomic mass is 15.2. The number of aromatic amines is 1. The van der Waals surface area contributed by atoms with Crippen molar-refractivity contribution in [2.24, 2.45) is 5.11 Å². The van der Waals surface area contributed by atoms with Crippen molar-refractivity contribution in [2.75, 3.05) is 5.32 Å². The molecular weight excluding hydrogens is 256 g/mol. The molecule has 2 heterocycles. The molecule has 0 spiro atoms. The molecule has 3 rings (SSSR count). The fourth-order valence-corrected chi connectivity index (χ4v) is 1.82. The molecule has 0 fully saturated rings. The SMILES string of the molecule is N=[N+]=Nc1nc(NCc2ccccc2)c2[nH]cnc2n1. The highest BCUT2D eigenvalue weighted by Gasteiger charge is 2.11. The van der Waals surface area contributed by atoms with E-state index < -0.39 is 0 Å². The second-order valence-electron chi connectivity index (χ2n) is 4.01. The molecule has 0 saturated carbocycles. The third-order valence-corrected chi connectivity index (χ3v) is 2.72. The molecule has 20 heavy (non-hydrogen) atoms. The van der Waals surface area contributed by atoms with Crippen LogP contribution in [-0.4, -0.2) is 19.9 Å². The maximum atomic E-state index is 6.75. The van der Waals surface area contributed by atoms with Crippen LogP contribution in [0.25, 0.3) is 11.2 Å². The quantitative estimate of drug-likeness (QED) is 0.496. The van der Waals surface area contributed by atoms with Crippen LogP contribution >= 0.6 is 0 Å². The number of rotatable bonds is 4. The monoisotopic (exact) mass is 267 g/mol. The van der Waals surface area contributed by atoms with Gasteiger partial charge < -0.3 is 10.3 Å². The molecule has 0 amide bonds. The molecule has 0 aliphatic rings. The Morgan fingerprint density at radius 1 is 1.25 bits per heavy atom. The van der Waals surface area contributed by atoms with Crippen molar-refractivity contribution in [1.82, 2.24) is 24.8 Å². The molecule has 0 saturated heterocycles. The summed E-state index contributed by atoms with van der Waals surface area (Å²) in [6, 6.07) is 9.95. The van der Waals surface area contributed by atoms with Gasteiger partial charge in [-0.15, -0.1) is 0 Å². The lowest BCUT2D eigenvalue weighted by atomic mass is 10.2. The first kappa shape index (κ1) is 11.9. The molecule has 0 radical (unpaired) electrons. The number of aromatic nitrogens is 4. The number of anilines is 1. The number of nitrogens with one attached hydrogen (secondary N) is 3. The van der Waals surface area contributed by atoms with Crippen molar-refractivity contribution >= 4 is 22.9 Å². The van der Waals surface area contributed by atoms with E-state index in [1.807, 2.05) is 30.3 Å². The molecule has 98 valence electrons. The van der Waals surface area contributed by atoms with E-state index in [9.17, 15) is 0 Å². The Hall–Kier alpha value is -3.12. The lowest BCUT2D eigenvalue weighted by Crippen LogP contribution is -2.02. The van der Waals surface area contributed by atoms with Crippen LogP contribution in [0.15, 0.2) is 41.8 Å². The van der Waals surface area contributed by atoms with Gasteiger partial charge in [-0.25, -0.2) is 4.98 Å². The predicted molar refractivity (Wildman–Crippen MR) is 72.4 cm³/mol. The van der Waals surface area contributed by atoms with E-state index >= 15 is 0 Å². The second kappa shape index (κ2) is 5.25. The van der Waals surface area contributed by atoms with Crippen molar-refractivity contribution in [2.45, 2.75) is 6.54 Å². The van der Waals surface area contributed by atoms with E-state index in [-0.39, 0.29) is 5.95 Å². The minimum absolute atomic E-state index is 0.107. The van der Waals surface area contributed by atoms with Gasteiger partial charge in [0, 0.05) is 6.54 Å². The Kier molecular flexibility index (Phi) is 3.13. The Bertz CT molecular complexity index is 773. The number of benzene rings is 1. The number of hydrogen-bond donors (Lipinski definition) is 3. The summed E-state index contributed by atoms with van der Waals surface area (Å²) in [7, 11) is 0. The molecule has 8 nitrogen and oxygen atoms in total. The van der Waals surface area contributed by atoms with Gasteiger partial charge in [-0.3, -0.25) is 0 Å². The molecule has 8 heteroatoms. The third kappa shape index (κ3) is 2.36. The van der Waals surface area contributed by atoms with Gasteiger partial charge >= 0.3 is 5.95 Å². The van der Waals surface area contributed by atoms with Gasteiger partial charge in [-0.05, 0) is 5.56 Å². The largest absolute Gasteiger partial charge is 0.364 e. The summed E-state index contributed by atoms with van der Waals surface area (Å²) in [5.74, 6) is 0.689. The van der Waals surface area contributed by atoms with Crippen LogP contribution in [0, 0.1) is 5.53 Å². The van der Waals surface area contributed by atoms with E-state index in [1.165, 1.54) is 6.33 Å². The number of nitrogens with zero attached hydrogens (tertiary/aromatic N) is 5. The zero-order valence-corrected chi connectivity index (χ0v) is 10.4. The average molecular weight is 267 g/mol. The van der Waals surface area contributed by atoms with Crippen LogP contribution in [0.3, 0.4) is 0 Å². The van der Waals surface area contributed by atoms with Gasteiger partial charge in [0.25, 0.3) is 0 Å². The zero-order chi connectivity index (χ0) is 13.8. The molecule has 2 aromatic heterocycles. The predicted octanol–water partition coefficient (Wildman–Crippen LogP) is 2.15. The van der Waals surface area contributed by atoms with Crippen molar-refractivity contribution in [3.05, 3.63) is 42.2 Å². The average Bonchev–Trinajstić information content (AvgIpc) is 2.95. The Labute approximate surface area is 113 Å². The fraction of sp³-hybridized carbons (Fsp3) is 0.0833. The van der Waals surface area contributed by atoms with Crippen LogP contribution in [0.1, 0.15) is 5.56 Å². The Morgan fingerprint density at radius 2 is 2.10 bits per heavy atom. The third-order valence-electron chi connectivity index (χ3n) is 2.72. The number of imidazole rings is 1. The molecule has 3 aromatic rings. The van der Waals surface area contributed by atoms with Gasteiger partial charge in [-0.1, -0.05) is 30.3 Å². The van der Waals surface area contributed by atoms with Crippen LogP contribution < -0.4 is 10.2 Å². The maximum absolute atomic E-state index is 6.75. The van der Waals surface area contributed by atoms with Gasteiger partial charge in [0.05, 0.1) is 6.33 Å². The number of fused-ring (bicyclic) bond motifs is 1. The summed E-state index contributed by atoms with van der Waals surface area (Å²) in [5.41, 5.74) is 9.06. The molecule has 1 aromatic carbocycles. The molecule has 0 aliphatic heterocycles. The minimum Gasteiger partial charge on any atom is -0.364 e. The van der Waals surface area contributed by atoms with Crippen molar-refractivity contribution in [3.63, 3.8) is 0 Å². The van der Waals surface area contributed by atoms with Gasteiger partial charge in [0.1, 0.15) is 11.0 Å². The van der Waals surface area contributed by atoms with Crippen LogP contribution in [-0.2, 0) is 6.54 Å². The lowest BCUT2D eigenvalue weighted by molar-refractivity contribution is 0.949. The van der Waals surface area contributed by atoms with E-state index in [4.69, 9.17) is 5.53 Å². The van der Waals surface area contributed by atoms with Crippen LogP contribution in [0.2, 0.25) is 0 Å². The molecule has 0 atom stereocenters. The van der Waals surface area contributed by atoms with Gasteiger partial charge in [0.2, 0.25) is 4.91 Å². The lowest BCUT2D eigenvalue weighted by Gasteiger charge is -2.05. The summed E-state index contributed by atoms with van der Waals surface area (Å²) in [6.07, 6.45) is 1.54. The topological polar surface area (TPSA) is 117 Å². The first-order chi connectivity index (χ1) is 9.86. The Morgan fingerprint density at radius 3 is 2.90 bits per heavy atom. The van der Waals surface area contributed by atoms with Crippen molar-refractivity contribution in [1.29, 1.82) is 5.53 Å². The number of H-pyrrole nitrogens is 1. The maximum Gasteiger partial charge on any atom is 0.340 e. The van der Waals surface area contributed by atoms with Crippen LogP contribution in [0.4, 0.5) is 11.8 Å². The van der Waals surface area contributed by atoms with Crippen LogP contribution in [0.5, 0.6) is 0 Å². The van der Waals surface area contributed by atoms with E-state index in [1.54, 1.807) is 0 Å². The smallest absolute Gasteiger partial charge is 0.340 e. The summed E-state index contributed by atoms with van der Waals surface area (Å²) in [4.78, 5) is 18.3. The highest BCUT2D eigenvalue weighted by Crippen LogP contribution is 2.20. The molecular formula is C12H11N8+. The first-order valence-electron chi connectivity index (χ1n) is 5.93. The van der Waals surface area contributed by atoms with Gasteiger partial charge in [0.15, 0.2) is 16.6 Å². The summed E-state index contributed by atoms with van der Waals surface area (Å²) in [6.45, 7) is 0.615. The number of hydrogen-bond acceptors (Lipinski definition) is 6. The van der Waals surface area contributed by atoms with E-state index in [2.05, 4.69) is 35.3 Å². The molecule has 0 bridgehead atoms. The fourth-order valence-electron chi connectivity index (χ4n) is 1.82. The minimum atomic E-state index is 0.107.